The summed E-state index contributed by atoms with van der Waals surface area (Å²) in [4.78, 5) is 0. The minimum Gasteiger partial charge on any atom is -0.452 e. The fourth-order valence-corrected chi connectivity index (χ4v) is 1.98. The van der Waals surface area contributed by atoms with E-state index in [1.165, 1.54) is 18.2 Å². The Hall–Kier alpha value is -1.34. The summed E-state index contributed by atoms with van der Waals surface area (Å²) in [5.41, 5.74) is 4.11. The van der Waals surface area contributed by atoms with Crippen molar-refractivity contribution in [3.63, 3.8) is 0 Å². The molecule has 2 rings (SSSR count). The van der Waals surface area contributed by atoms with E-state index in [9.17, 15) is 17.6 Å². The van der Waals surface area contributed by atoms with Crippen LogP contribution in [0.25, 0.3) is 0 Å². The molecular weight excluding hydrogens is 330 g/mol. The molecule has 102 valence electrons. The summed E-state index contributed by atoms with van der Waals surface area (Å²) in [6, 6.07) is 4.87. The van der Waals surface area contributed by atoms with Gasteiger partial charge in [-0.3, -0.25) is 0 Å². The van der Waals surface area contributed by atoms with Crippen LogP contribution in [0.5, 0.6) is 0 Å². The minimum absolute atomic E-state index is 0.171. The molecule has 19 heavy (non-hydrogen) atoms. The van der Waals surface area contributed by atoms with Crippen molar-refractivity contribution in [2.24, 2.45) is 5.73 Å². The monoisotopic (exact) mass is 337 g/mol. The molecular formula is C12H8BrF4NO. The molecule has 0 radical (unpaired) electrons. The van der Waals surface area contributed by atoms with Gasteiger partial charge in [0, 0.05) is 5.56 Å². The molecule has 7 heteroatoms. The van der Waals surface area contributed by atoms with Gasteiger partial charge >= 0.3 is 6.18 Å². The van der Waals surface area contributed by atoms with E-state index in [2.05, 4.69) is 15.9 Å². The van der Waals surface area contributed by atoms with Crippen LogP contribution in [0.1, 0.15) is 22.9 Å². The van der Waals surface area contributed by atoms with Crippen LogP contribution in [0.3, 0.4) is 0 Å². The summed E-state index contributed by atoms with van der Waals surface area (Å²) in [7, 11) is 0. The van der Waals surface area contributed by atoms with Crippen molar-refractivity contribution in [1.82, 2.24) is 0 Å². The largest absolute Gasteiger partial charge is 0.452 e. The van der Waals surface area contributed by atoms with Crippen molar-refractivity contribution < 1.29 is 22.0 Å². The molecule has 1 aromatic carbocycles. The topological polar surface area (TPSA) is 39.2 Å². The molecule has 0 saturated carbocycles. The maximum atomic E-state index is 13.9. The van der Waals surface area contributed by atoms with Crippen molar-refractivity contribution in [2.75, 3.05) is 0 Å². The van der Waals surface area contributed by atoms with Crippen LogP contribution in [-0.4, -0.2) is 0 Å². The Balaban J connectivity index is 2.46. The first-order chi connectivity index (χ1) is 8.80. The lowest BCUT2D eigenvalue weighted by Gasteiger charge is -2.14. The summed E-state index contributed by atoms with van der Waals surface area (Å²) in [6.07, 6.45) is -4.76. The smallest absolute Gasteiger partial charge is 0.419 e. The lowest BCUT2D eigenvalue weighted by molar-refractivity contribution is -0.140. The summed E-state index contributed by atoms with van der Waals surface area (Å²) >= 11 is 3.04. The van der Waals surface area contributed by atoms with Crippen LogP contribution in [-0.2, 0) is 6.18 Å². The molecule has 0 bridgehead atoms. The van der Waals surface area contributed by atoms with Crippen LogP contribution in [0.2, 0.25) is 0 Å². The highest BCUT2D eigenvalue weighted by Crippen LogP contribution is 2.35. The third kappa shape index (κ3) is 2.82. The molecule has 0 aliphatic heterocycles. The summed E-state index contributed by atoms with van der Waals surface area (Å²) < 4.78 is 57.1. The third-order valence-electron chi connectivity index (χ3n) is 2.57. The third-order valence-corrected chi connectivity index (χ3v) is 3.00. The van der Waals surface area contributed by atoms with E-state index in [-0.39, 0.29) is 11.3 Å². The Bertz CT molecular complexity index is 594. The van der Waals surface area contributed by atoms with Gasteiger partial charge in [-0.25, -0.2) is 4.39 Å². The minimum atomic E-state index is -4.76. The number of furan rings is 1. The molecule has 1 unspecified atom stereocenters. The SMILES string of the molecule is NC(c1ccc(Br)o1)c1cccc(C(F)(F)F)c1F. The number of nitrogens with two attached hydrogens (primary N) is 1. The van der Waals surface area contributed by atoms with Gasteiger partial charge < -0.3 is 10.2 Å². The van der Waals surface area contributed by atoms with Crippen LogP contribution < -0.4 is 5.73 Å². The van der Waals surface area contributed by atoms with E-state index in [1.54, 1.807) is 0 Å². The normalized spacial score (nSPS) is 13.6. The quantitative estimate of drug-likeness (QED) is 0.832. The lowest BCUT2D eigenvalue weighted by atomic mass is 10.0. The Morgan fingerprint density at radius 3 is 2.37 bits per heavy atom. The first-order valence-electron chi connectivity index (χ1n) is 5.17. The number of alkyl halides is 3. The molecule has 2 nitrogen and oxygen atoms in total. The van der Waals surface area contributed by atoms with E-state index in [4.69, 9.17) is 10.2 Å². The van der Waals surface area contributed by atoms with Crippen molar-refractivity contribution in [3.8, 4) is 0 Å². The highest BCUT2D eigenvalue weighted by Gasteiger charge is 2.35. The fourth-order valence-electron chi connectivity index (χ4n) is 1.66. The number of hydrogen-bond donors (Lipinski definition) is 1. The van der Waals surface area contributed by atoms with E-state index in [0.29, 0.717) is 10.7 Å². The molecule has 0 amide bonds. The zero-order chi connectivity index (χ0) is 14.2. The molecule has 2 aromatic rings. The van der Waals surface area contributed by atoms with Gasteiger partial charge in [-0.15, -0.1) is 0 Å². The van der Waals surface area contributed by atoms with Crippen molar-refractivity contribution in [1.29, 1.82) is 0 Å². The van der Waals surface area contributed by atoms with Crippen molar-refractivity contribution >= 4 is 15.9 Å². The standard InChI is InChI=1S/C12H8BrF4NO/c13-9-5-4-8(19-9)11(18)6-2-1-3-7(10(6)14)12(15,16)17/h1-5,11H,18H2. The average Bonchev–Trinajstić information content (AvgIpc) is 2.74. The van der Waals surface area contributed by atoms with Crippen molar-refractivity contribution in [3.05, 3.63) is 57.7 Å². The average molecular weight is 338 g/mol. The first kappa shape index (κ1) is 14.1. The predicted molar refractivity (Wildman–Crippen MR) is 63.8 cm³/mol. The Morgan fingerprint density at radius 2 is 1.84 bits per heavy atom. The molecule has 0 aliphatic carbocycles. The number of halogens is 5. The van der Waals surface area contributed by atoms with Gasteiger partial charge in [0.25, 0.3) is 0 Å². The predicted octanol–water partition coefficient (Wildman–Crippen LogP) is 4.25. The number of hydrogen-bond acceptors (Lipinski definition) is 2. The van der Waals surface area contributed by atoms with Crippen LogP contribution in [0, 0.1) is 5.82 Å². The second-order valence-electron chi connectivity index (χ2n) is 3.83. The molecule has 0 aliphatic rings. The molecule has 1 atom stereocenters. The molecule has 0 spiro atoms. The van der Waals surface area contributed by atoms with Gasteiger partial charge in [0.15, 0.2) is 4.67 Å². The molecule has 0 saturated heterocycles. The summed E-state index contributed by atoms with van der Waals surface area (Å²) in [5.74, 6) is -1.21. The molecule has 0 fully saturated rings. The van der Waals surface area contributed by atoms with E-state index < -0.39 is 23.6 Å². The number of benzene rings is 1. The highest BCUT2D eigenvalue weighted by molar-refractivity contribution is 9.10. The van der Waals surface area contributed by atoms with Gasteiger partial charge in [0.1, 0.15) is 11.6 Å². The van der Waals surface area contributed by atoms with Crippen molar-refractivity contribution in [2.45, 2.75) is 12.2 Å². The maximum Gasteiger partial charge on any atom is 0.419 e. The van der Waals surface area contributed by atoms with Gasteiger partial charge in [0.2, 0.25) is 0 Å². The van der Waals surface area contributed by atoms with E-state index in [1.807, 2.05) is 0 Å². The van der Waals surface area contributed by atoms with Gasteiger partial charge in [0.05, 0.1) is 11.6 Å². The van der Waals surface area contributed by atoms with E-state index >= 15 is 0 Å². The Morgan fingerprint density at radius 1 is 1.16 bits per heavy atom. The molecule has 2 N–H and O–H groups in total. The van der Waals surface area contributed by atoms with Gasteiger partial charge in [-0.2, -0.15) is 13.2 Å². The van der Waals surface area contributed by atoms with Crippen LogP contribution >= 0.6 is 15.9 Å². The second kappa shape index (κ2) is 4.97. The van der Waals surface area contributed by atoms with Gasteiger partial charge in [-0.1, -0.05) is 12.1 Å². The summed E-state index contributed by atoms with van der Waals surface area (Å²) in [5, 5.41) is 0. The maximum absolute atomic E-state index is 13.9. The zero-order valence-electron chi connectivity index (χ0n) is 9.34. The van der Waals surface area contributed by atoms with Crippen LogP contribution in [0.4, 0.5) is 17.6 Å². The Labute approximate surface area is 114 Å². The fraction of sp³-hybridized carbons (Fsp3) is 0.167. The Kier molecular flexibility index (Phi) is 3.69. The zero-order valence-corrected chi connectivity index (χ0v) is 10.9. The van der Waals surface area contributed by atoms with Crippen LogP contribution in [0.15, 0.2) is 39.4 Å². The summed E-state index contributed by atoms with van der Waals surface area (Å²) in [6.45, 7) is 0. The van der Waals surface area contributed by atoms with E-state index in [0.717, 1.165) is 6.07 Å². The lowest BCUT2D eigenvalue weighted by Crippen LogP contribution is -2.16. The highest BCUT2D eigenvalue weighted by atomic mass is 79.9. The van der Waals surface area contributed by atoms with Gasteiger partial charge in [-0.05, 0) is 34.1 Å². The number of rotatable bonds is 2. The first-order valence-corrected chi connectivity index (χ1v) is 5.96. The molecule has 1 heterocycles. The second-order valence-corrected chi connectivity index (χ2v) is 4.61. The molecule has 1 aromatic heterocycles.